The van der Waals surface area contributed by atoms with Crippen molar-refractivity contribution in [3.63, 3.8) is 0 Å². The maximum atomic E-state index is 4.71. The van der Waals surface area contributed by atoms with Gasteiger partial charge < -0.3 is 4.90 Å². The Hall–Kier alpha value is -2.50. The maximum absolute atomic E-state index is 4.71. The van der Waals surface area contributed by atoms with Crippen LogP contribution in [0, 0.1) is 0 Å². The standard InChI is InChI=1S/C16H16N6/c1-2-8-22-14(3-1)19-20-16(22)12-9-21(10-12)13-6-7-17-15(18-13)11-4-5-11/h1-3,6-8,11-12H,4-5,9-10H2. The quantitative estimate of drug-likeness (QED) is 0.739. The van der Waals surface area contributed by atoms with Crippen LogP contribution in [-0.2, 0) is 0 Å². The van der Waals surface area contributed by atoms with Gasteiger partial charge in [0.05, 0.1) is 5.92 Å². The summed E-state index contributed by atoms with van der Waals surface area (Å²) in [6.45, 7) is 1.88. The van der Waals surface area contributed by atoms with Gasteiger partial charge >= 0.3 is 0 Å². The van der Waals surface area contributed by atoms with Gasteiger partial charge in [0.2, 0.25) is 0 Å². The van der Waals surface area contributed by atoms with Crippen LogP contribution in [0.4, 0.5) is 5.82 Å². The molecule has 1 saturated heterocycles. The predicted octanol–water partition coefficient (Wildman–Crippen LogP) is 2.00. The fourth-order valence-electron chi connectivity index (χ4n) is 3.05. The van der Waals surface area contributed by atoms with Crippen molar-refractivity contribution in [2.24, 2.45) is 0 Å². The van der Waals surface area contributed by atoms with E-state index >= 15 is 0 Å². The van der Waals surface area contributed by atoms with Crippen LogP contribution in [0.2, 0.25) is 0 Å². The van der Waals surface area contributed by atoms with Crippen molar-refractivity contribution >= 4 is 11.5 Å². The van der Waals surface area contributed by atoms with Crippen molar-refractivity contribution in [1.82, 2.24) is 24.6 Å². The highest BCUT2D eigenvalue weighted by atomic mass is 15.3. The summed E-state index contributed by atoms with van der Waals surface area (Å²) < 4.78 is 2.08. The first-order valence-electron chi connectivity index (χ1n) is 7.76. The molecule has 22 heavy (non-hydrogen) atoms. The lowest BCUT2D eigenvalue weighted by Crippen LogP contribution is -2.46. The molecule has 3 aromatic rings. The number of anilines is 1. The van der Waals surface area contributed by atoms with Crippen LogP contribution < -0.4 is 4.90 Å². The average Bonchev–Trinajstić information content (AvgIpc) is 3.28. The molecule has 0 unspecified atom stereocenters. The van der Waals surface area contributed by atoms with Crippen LogP contribution in [0.5, 0.6) is 0 Å². The van der Waals surface area contributed by atoms with E-state index in [9.17, 15) is 0 Å². The van der Waals surface area contributed by atoms with Crippen LogP contribution in [0.25, 0.3) is 5.65 Å². The third-order valence-corrected chi connectivity index (χ3v) is 4.51. The van der Waals surface area contributed by atoms with Crippen molar-refractivity contribution in [3.05, 3.63) is 48.3 Å². The first kappa shape index (κ1) is 12.1. The van der Waals surface area contributed by atoms with Crippen molar-refractivity contribution in [2.45, 2.75) is 24.7 Å². The van der Waals surface area contributed by atoms with Gasteiger partial charge in [0.25, 0.3) is 0 Å². The molecule has 0 bridgehead atoms. The third kappa shape index (κ3) is 1.87. The van der Waals surface area contributed by atoms with E-state index in [1.807, 2.05) is 36.7 Å². The molecule has 3 aromatic heterocycles. The molecule has 1 saturated carbocycles. The lowest BCUT2D eigenvalue weighted by Gasteiger charge is -2.39. The molecule has 0 aromatic carbocycles. The highest BCUT2D eigenvalue weighted by Crippen LogP contribution is 2.39. The normalized spacial score (nSPS) is 18.6. The third-order valence-electron chi connectivity index (χ3n) is 4.51. The molecule has 1 aliphatic heterocycles. The van der Waals surface area contributed by atoms with E-state index in [-0.39, 0.29) is 0 Å². The summed E-state index contributed by atoms with van der Waals surface area (Å²) in [6.07, 6.45) is 6.38. The Bertz CT molecular complexity index is 831. The number of fused-ring (bicyclic) bond motifs is 1. The van der Waals surface area contributed by atoms with Crippen LogP contribution in [0.15, 0.2) is 36.7 Å². The maximum Gasteiger partial charge on any atom is 0.160 e. The highest BCUT2D eigenvalue weighted by molar-refractivity contribution is 5.45. The summed E-state index contributed by atoms with van der Waals surface area (Å²) in [5, 5.41) is 8.59. The van der Waals surface area contributed by atoms with Crippen LogP contribution in [0.1, 0.15) is 36.3 Å². The molecular weight excluding hydrogens is 276 g/mol. The minimum absolute atomic E-state index is 0.414. The van der Waals surface area contributed by atoms with E-state index in [4.69, 9.17) is 4.98 Å². The van der Waals surface area contributed by atoms with E-state index in [0.717, 1.165) is 36.2 Å². The van der Waals surface area contributed by atoms with Crippen LogP contribution in [0.3, 0.4) is 0 Å². The lowest BCUT2D eigenvalue weighted by atomic mass is 9.99. The second-order valence-electron chi connectivity index (χ2n) is 6.14. The Balaban J connectivity index is 1.36. The van der Waals surface area contributed by atoms with Crippen molar-refractivity contribution < 1.29 is 0 Å². The SMILES string of the molecule is c1ccn2c(C3CN(c4ccnc(C5CC5)n4)C3)nnc2c1. The number of rotatable bonds is 3. The minimum Gasteiger partial charge on any atom is -0.355 e. The molecule has 0 N–H and O–H groups in total. The van der Waals surface area contributed by atoms with Gasteiger partial charge in [-0.3, -0.25) is 4.40 Å². The van der Waals surface area contributed by atoms with Gasteiger partial charge in [-0.05, 0) is 31.0 Å². The number of hydrogen-bond donors (Lipinski definition) is 0. The van der Waals surface area contributed by atoms with Crippen molar-refractivity contribution in [2.75, 3.05) is 18.0 Å². The molecule has 2 fully saturated rings. The van der Waals surface area contributed by atoms with Gasteiger partial charge in [-0.25, -0.2) is 9.97 Å². The zero-order chi connectivity index (χ0) is 14.5. The zero-order valence-electron chi connectivity index (χ0n) is 12.1. The first-order chi connectivity index (χ1) is 10.9. The molecule has 0 atom stereocenters. The largest absolute Gasteiger partial charge is 0.355 e. The Kier molecular flexibility index (Phi) is 2.47. The van der Waals surface area contributed by atoms with Gasteiger partial charge in [-0.2, -0.15) is 0 Å². The van der Waals surface area contributed by atoms with E-state index in [2.05, 4.69) is 24.5 Å². The second kappa shape index (κ2) is 4.50. The molecule has 0 spiro atoms. The van der Waals surface area contributed by atoms with E-state index < -0.39 is 0 Å². The minimum atomic E-state index is 0.414. The van der Waals surface area contributed by atoms with Gasteiger partial charge in [0, 0.05) is 31.4 Å². The lowest BCUT2D eigenvalue weighted by molar-refractivity contribution is 0.491. The zero-order valence-corrected chi connectivity index (χ0v) is 12.1. The number of pyridine rings is 1. The van der Waals surface area contributed by atoms with Gasteiger partial charge in [-0.15, -0.1) is 10.2 Å². The molecular formula is C16H16N6. The summed E-state index contributed by atoms with van der Waals surface area (Å²) in [5.74, 6) is 4.10. The van der Waals surface area contributed by atoms with E-state index in [0.29, 0.717) is 11.8 Å². The molecule has 4 heterocycles. The van der Waals surface area contributed by atoms with Crippen molar-refractivity contribution in [1.29, 1.82) is 0 Å². The van der Waals surface area contributed by atoms with Crippen LogP contribution in [-0.4, -0.2) is 37.7 Å². The highest BCUT2D eigenvalue weighted by Gasteiger charge is 2.33. The molecule has 0 amide bonds. The molecule has 6 nitrogen and oxygen atoms in total. The molecule has 110 valence electrons. The molecule has 1 aliphatic carbocycles. The molecule has 0 radical (unpaired) electrons. The molecule has 6 heteroatoms. The molecule has 5 rings (SSSR count). The summed E-state index contributed by atoms with van der Waals surface area (Å²) in [7, 11) is 0. The average molecular weight is 292 g/mol. The van der Waals surface area contributed by atoms with Gasteiger partial charge in [-0.1, -0.05) is 6.07 Å². The monoisotopic (exact) mass is 292 g/mol. The fraction of sp³-hybridized carbons (Fsp3) is 0.375. The number of hydrogen-bond acceptors (Lipinski definition) is 5. The van der Waals surface area contributed by atoms with Crippen LogP contribution >= 0.6 is 0 Å². The number of nitrogens with zero attached hydrogens (tertiary/aromatic N) is 6. The summed E-state index contributed by atoms with van der Waals surface area (Å²) in [6, 6.07) is 7.99. The Morgan fingerprint density at radius 2 is 1.91 bits per heavy atom. The van der Waals surface area contributed by atoms with E-state index in [1.165, 1.54) is 12.8 Å². The summed E-state index contributed by atoms with van der Waals surface area (Å²) >= 11 is 0. The van der Waals surface area contributed by atoms with Gasteiger partial charge in [0.15, 0.2) is 5.65 Å². The van der Waals surface area contributed by atoms with E-state index in [1.54, 1.807) is 0 Å². The topological polar surface area (TPSA) is 59.2 Å². The fourth-order valence-corrected chi connectivity index (χ4v) is 3.05. The first-order valence-corrected chi connectivity index (χ1v) is 7.76. The van der Waals surface area contributed by atoms with Gasteiger partial charge in [0.1, 0.15) is 17.5 Å². The Morgan fingerprint density at radius 3 is 2.77 bits per heavy atom. The number of aromatic nitrogens is 5. The van der Waals surface area contributed by atoms with Crippen molar-refractivity contribution in [3.8, 4) is 0 Å². The second-order valence-corrected chi connectivity index (χ2v) is 6.14. The smallest absolute Gasteiger partial charge is 0.160 e. The Labute approximate surface area is 127 Å². The molecule has 2 aliphatic rings. The predicted molar refractivity (Wildman–Crippen MR) is 81.9 cm³/mol. The summed E-state index contributed by atoms with van der Waals surface area (Å²) in [5.41, 5.74) is 0.911. The Morgan fingerprint density at radius 1 is 1.00 bits per heavy atom. The summed E-state index contributed by atoms with van der Waals surface area (Å²) in [4.78, 5) is 11.4.